The zero-order valence-corrected chi connectivity index (χ0v) is 12.7. The van der Waals surface area contributed by atoms with Gasteiger partial charge in [0, 0.05) is 22.7 Å². The monoisotopic (exact) mass is 284 g/mol. The van der Waals surface area contributed by atoms with E-state index in [1.54, 1.807) is 0 Å². The molecular weight excluding hydrogens is 264 g/mol. The zero-order valence-electron chi connectivity index (χ0n) is 11.2. The Labute approximate surface area is 119 Å². The number of alkyl halides is 1. The van der Waals surface area contributed by atoms with Crippen molar-refractivity contribution in [1.82, 2.24) is 9.97 Å². The van der Waals surface area contributed by atoms with Crippen LogP contribution >= 0.6 is 23.4 Å². The van der Waals surface area contributed by atoms with Crippen molar-refractivity contribution in [2.75, 3.05) is 0 Å². The average Bonchev–Trinajstić information content (AvgIpc) is 2.37. The lowest BCUT2D eigenvalue weighted by Gasteiger charge is -2.20. The molecule has 1 fully saturated rings. The van der Waals surface area contributed by atoms with E-state index >= 15 is 0 Å². The Hall–Kier alpha value is -0.280. The number of halogens is 1. The van der Waals surface area contributed by atoms with Crippen LogP contribution in [0.5, 0.6) is 0 Å². The summed E-state index contributed by atoms with van der Waals surface area (Å²) in [6.45, 7) is 3.98. The topological polar surface area (TPSA) is 25.8 Å². The molecule has 1 aliphatic carbocycles. The van der Waals surface area contributed by atoms with Crippen molar-refractivity contribution in [3.8, 4) is 0 Å². The van der Waals surface area contributed by atoms with E-state index in [0.717, 1.165) is 28.1 Å². The Morgan fingerprint density at radius 1 is 1.39 bits per heavy atom. The molecule has 1 aromatic rings. The van der Waals surface area contributed by atoms with Gasteiger partial charge in [0.05, 0.1) is 11.1 Å². The first kappa shape index (κ1) is 14.1. The number of nitrogens with zero attached hydrogens (tertiary/aromatic N) is 2. The summed E-state index contributed by atoms with van der Waals surface area (Å²) in [5, 5.41) is 0.805. The summed E-state index contributed by atoms with van der Waals surface area (Å²) < 4.78 is 0. The van der Waals surface area contributed by atoms with Crippen LogP contribution in [0.15, 0.2) is 6.20 Å². The fraction of sp³-hybridized carbons (Fsp3) is 0.714. The van der Waals surface area contributed by atoms with Crippen molar-refractivity contribution < 1.29 is 0 Å². The molecule has 18 heavy (non-hydrogen) atoms. The smallest absolute Gasteiger partial charge is 0.138 e. The molecule has 0 saturated heterocycles. The van der Waals surface area contributed by atoms with Gasteiger partial charge in [0.25, 0.3) is 0 Å². The van der Waals surface area contributed by atoms with E-state index in [1.807, 2.05) is 31.8 Å². The van der Waals surface area contributed by atoms with Crippen molar-refractivity contribution in [3.05, 3.63) is 23.3 Å². The maximum absolute atomic E-state index is 6.07. The van der Waals surface area contributed by atoms with Gasteiger partial charge in [-0.1, -0.05) is 19.3 Å². The molecule has 1 aromatic heterocycles. The average molecular weight is 285 g/mol. The molecule has 1 unspecified atom stereocenters. The Balaban J connectivity index is 1.91. The number of aromatic nitrogens is 2. The molecule has 0 aromatic carbocycles. The van der Waals surface area contributed by atoms with Crippen LogP contribution < -0.4 is 0 Å². The first-order valence-electron chi connectivity index (χ1n) is 6.75. The van der Waals surface area contributed by atoms with E-state index in [1.165, 1.54) is 32.1 Å². The van der Waals surface area contributed by atoms with E-state index in [2.05, 4.69) is 9.97 Å². The number of hydrogen-bond acceptors (Lipinski definition) is 3. The van der Waals surface area contributed by atoms with Gasteiger partial charge in [0.15, 0.2) is 0 Å². The molecule has 1 atom stereocenters. The third-order valence-electron chi connectivity index (χ3n) is 3.50. The van der Waals surface area contributed by atoms with Crippen LogP contribution in [0, 0.1) is 6.92 Å². The summed E-state index contributed by atoms with van der Waals surface area (Å²) in [7, 11) is 0. The van der Waals surface area contributed by atoms with Crippen LogP contribution in [0.1, 0.15) is 61.5 Å². The van der Waals surface area contributed by atoms with Crippen molar-refractivity contribution in [2.24, 2.45) is 0 Å². The number of rotatable bonds is 4. The molecule has 1 heterocycles. The predicted octanol–water partition coefficient (Wildman–Crippen LogP) is 4.65. The van der Waals surface area contributed by atoms with Gasteiger partial charge in [-0.15, -0.1) is 11.6 Å². The summed E-state index contributed by atoms with van der Waals surface area (Å²) in [6.07, 6.45) is 8.80. The second kappa shape index (κ2) is 6.76. The summed E-state index contributed by atoms with van der Waals surface area (Å²) in [5.41, 5.74) is 2.06. The van der Waals surface area contributed by atoms with Gasteiger partial charge in [-0.25, -0.2) is 9.97 Å². The van der Waals surface area contributed by atoms with Crippen molar-refractivity contribution >= 4 is 23.4 Å². The van der Waals surface area contributed by atoms with Gasteiger partial charge < -0.3 is 0 Å². The summed E-state index contributed by atoms with van der Waals surface area (Å²) in [5.74, 6) is 1.88. The molecular formula is C14H21ClN2S. The molecule has 0 N–H and O–H groups in total. The van der Waals surface area contributed by atoms with Gasteiger partial charge in [0.2, 0.25) is 0 Å². The van der Waals surface area contributed by atoms with E-state index < -0.39 is 0 Å². The fourth-order valence-electron chi connectivity index (χ4n) is 2.41. The molecule has 0 spiro atoms. The lowest BCUT2D eigenvalue weighted by Crippen LogP contribution is -2.09. The second-order valence-corrected chi connectivity index (χ2v) is 6.96. The van der Waals surface area contributed by atoms with E-state index in [9.17, 15) is 0 Å². The summed E-state index contributed by atoms with van der Waals surface area (Å²) in [4.78, 5) is 8.99. The number of thioether (sulfide) groups is 1. The molecule has 100 valence electrons. The van der Waals surface area contributed by atoms with E-state index in [4.69, 9.17) is 11.6 Å². The normalized spacial score (nSPS) is 18.8. The van der Waals surface area contributed by atoms with Crippen molar-refractivity contribution in [2.45, 2.75) is 62.3 Å². The minimum absolute atomic E-state index is 0.00922. The quantitative estimate of drug-likeness (QED) is 0.753. The minimum atomic E-state index is -0.00922. The molecule has 0 radical (unpaired) electrons. The van der Waals surface area contributed by atoms with Crippen molar-refractivity contribution in [1.29, 1.82) is 0 Å². The highest BCUT2D eigenvalue weighted by Gasteiger charge is 2.15. The predicted molar refractivity (Wildman–Crippen MR) is 79.2 cm³/mol. The van der Waals surface area contributed by atoms with E-state index in [0.29, 0.717) is 0 Å². The van der Waals surface area contributed by atoms with Gasteiger partial charge in [-0.3, -0.25) is 0 Å². The third kappa shape index (κ3) is 3.86. The molecule has 2 rings (SSSR count). The molecule has 0 amide bonds. The lowest BCUT2D eigenvalue weighted by molar-refractivity contribution is 0.516. The molecule has 4 heteroatoms. The van der Waals surface area contributed by atoms with Gasteiger partial charge in [-0.05, 0) is 26.7 Å². The standard InChI is InChI=1S/C14H21ClN2S/c1-10(15)13-8-16-14(17-11(13)2)9-18-12-6-4-3-5-7-12/h8,10,12H,3-7,9H2,1-2H3. The van der Waals surface area contributed by atoms with Gasteiger partial charge in [-0.2, -0.15) is 11.8 Å². The summed E-state index contributed by atoms with van der Waals surface area (Å²) >= 11 is 8.09. The molecule has 1 saturated carbocycles. The Morgan fingerprint density at radius 3 is 2.72 bits per heavy atom. The highest BCUT2D eigenvalue weighted by molar-refractivity contribution is 7.99. The zero-order chi connectivity index (χ0) is 13.0. The van der Waals surface area contributed by atoms with E-state index in [-0.39, 0.29) is 5.38 Å². The first-order chi connectivity index (χ1) is 8.66. The minimum Gasteiger partial charge on any atom is -0.240 e. The molecule has 1 aliphatic rings. The SMILES string of the molecule is Cc1nc(CSC2CCCCC2)ncc1C(C)Cl. The molecule has 2 nitrogen and oxygen atoms in total. The van der Waals surface area contributed by atoms with Gasteiger partial charge in [0.1, 0.15) is 5.82 Å². The summed E-state index contributed by atoms with van der Waals surface area (Å²) in [6, 6.07) is 0. The highest BCUT2D eigenvalue weighted by Crippen LogP contribution is 2.30. The number of hydrogen-bond donors (Lipinski definition) is 0. The largest absolute Gasteiger partial charge is 0.240 e. The van der Waals surface area contributed by atoms with Crippen LogP contribution in [0.2, 0.25) is 0 Å². The van der Waals surface area contributed by atoms with Gasteiger partial charge >= 0.3 is 0 Å². The number of aryl methyl sites for hydroxylation is 1. The third-order valence-corrected chi connectivity index (χ3v) is 5.10. The van der Waals surface area contributed by atoms with Crippen LogP contribution in [0.25, 0.3) is 0 Å². The maximum atomic E-state index is 6.07. The second-order valence-electron chi connectivity index (χ2n) is 5.01. The first-order valence-corrected chi connectivity index (χ1v) is 8.23. The van der Waals surface area contributed by atoms with Crippen molar-refractivity contribution in [3.63, 3.8) is 0 Å². The lowest BCUT2D eigenvalue weighted by atomic mass is 10.0. The van der Waals surface area contributed by atoms with Crippen LogP contribution in [-0.2, 0) is 5.75 Å². The highest BCUT2D eigenvalue weighted by atomic mass is 35.5. The maximum Gasteiger partial charge on any atom is 0.138 e. The molecule has 0 aliphatic heterocycles. The van der Waals surface area contributed by atoms with Crippen LogP contribution in [0.3, 0.4) is 0 Å². The Morgan fingerprint density at radius 2 is 2.11 bits per heavy atom. The fourth-order valence-corrected chi connectivity index (χ4v) is 3.81. The van der Waals surface area contributed by atoms with Crippen LogP contribution in [0.4, 0.5) is 0 Å². The Kier molecular flexibility index (Phi) is 5.31. The Bertz CT molecular complexity index is 389. The molecule has 0 bridgehead atoms. The van der Waals surface area contributed by atoms with Crippen LogP contribution in [-0.4, -0.2) is 15.2 Å².